The first-order valence-corrected chi connectivity index (χ1v) is 13.6. The standard InChI is InChI=1S/C23H25N5O7P2/c1-14(2)35-22-26-20(25-17-8-6-16(7-9-17)23(30,36-31)37(32,33)34)19-21(27-22)28(13-24-19)11-10-15-4-3-5-18(29)12-15/h3-9,12-14,29-30H,10-11H2,1-2H3,(H,25,26,27)(H2,32,33,34). The third-order valence-electron chi connectivity index (χ3n) is 5.40. The summed E-state index contributed by atoms with van der Waals surface area (Å²) in [5.74, 6) is 0.520. The van der Waals surface area contributed by atoms with Crippen LogP contribution in [0.25, 0.3) is 11.2 Å². The molecule has 37 heavy (non-hydrogen) atoms. The highest BCUT2D eigenvalue weighted by Crippen LogP contribution is 2.61. The third-order valence-corrected chi connectivity index (χ3v) is 8.01. The lowest BCUT2D eigenvalue weighted by molar-refractivity contribution is 0.168. The molecule has 1 unspecified atom stereocenters. The van der Waals surface area contributed by atoms with E-state index in [9.17, 15) is 29.1 Å². The lowest BCUT2D eigenvalue weighted by atomic mass is 10.1. The van der Waals surface area contributed by atoms with Crippen LogP contribution >= 0.6 is 16.1 Å². The van der Waals surface area contributed by atoms with Crippen molar-refractivity contribution in [1.29, 1.82) is 0 Å². The van der Waals surface area contributed by atoms with Gasteiger partial charge in [-0.3, -0.25) is 9.13 Å². The number of hydrogen-bond donors (Lipinski definition) is 5. The van der Waals surface area contributed by atoms with Crippen LogP contribution in [0.1, 0.15) is 25.0 Å². The maximum atomic E-state index is 11.7. The molecule has 0 spiro atoms. The fourth-order valence-corrected chi connectivity index (χ4v) is 4.75. The van der Waals surface area contributed by atoms with Gasteiger partial charge in [0.05, 0.1) is 12.4 Å². The number of hydrogen-bond acceptors (Lipinski definition) is 9. The van der Waals surface area contributed by atoms with Gasteiger partial charge in [0.15, 0.2) is 17.0 Å². The zero-order chi connectivity index (χ0) is 26.8. The van der Waals surface area contributed by atoms with Crippen LogP contribution in [0, 0.1) is 0 Å². The number of nitrogens with one attached hydrogen (secondary N) is 1. The molecule has 14 heteroatoms. The summed E-state index contributed by atoms with van der Waals surface area (Å²) in [6.07, 6.45) is 2.06. The minimum absolute atomic E-state index is 0.127. The van der Waals surface area contributed by atoms with Crippen molar-refractivity contribution in [2.24, 2.45) is 0 Å². The van der Waals surface area contributed by atoms with E-state index in [-0.39, 0.29) is 23.4 Å². The van der Waals surface area contributed by atoms with Crippen molar-refractivity contribution in [1.82, 2.24) is 19.5 Å². The Hall–Kier alpha value is -3.40. The first kappa shape index (κ1) is 26.7. The summed E-state index contributed by atoms with van der Waals surface area (Å²) in [5.41, 5.74) is 2.17. The Morgan fingerprint density at radius 2 is 1.89 bits per heavy atom. The number of aromatic nitrogens is 4. The van der Waals surface area contributed by atoms with Crippen LogP contribution in [0.4, 0.5) is 11.5 Å². The van der Waals surface area contributed by atoms with Gasteiger partial charge >= 0.3 is 13.6 Å². The molecule has 0 radical (unpaired) electrons. The third kappa shape index (κ3) is 5.79. The molecule has 0 fully saturated rings. The summed E-state index contributed by atoms with van der Waals surface area (Å²) >= 11 is 0. The maximum Gasteiger partial charge on any atom is 0.373 e. The van der Waals surface area contributed by atoms with E-state index < -0.39 is 21.1 Å². The average Bonchev–Trinajstić information content (AvgIpc) is 3.25. The average molecular weight is 545 g/mol. The van der Waals surface area contributed by atoms with Gasteiger partial charge < -0.3 is 34.6 Å². The highest BCUT2D eigenvalue weighted by atomic mass is 31.2. The van der Waals surface area contributed by atoms with Crippen molar-refractivity contribution in [3.63, 3.8) is 0 Å². The van der Waals surface area contributed by atoms with Gasteiger partial charge in [0.2, 0.25) is 8.46 Å². The number of phenols is 1. The molecular formula is C23H25N5O7P2. The second-order valence-electron chi connectivity index (χ2n) is 8.52. The quantitative estimate of drug-likeness (QED) is 0.183. The zero-order valence-corrected chi connectivity index (χ0v) is 21.7. The highest BCUT2D eigenvalue weighted by Gasteiger charge is 2.48. The summed E-state index contributed by atoms with van der Waals surface area (Å²) < 4.78 is 30.6. The number of nitrogens with zero attached hydrogens (tertiary/aromatic N) is 4. The molecule has 0 aliphatic heterocycles. The van der Waals surface area contributed by atoms with Crippen LogP contribution < -0.4 is 10.1 Å². The van der Waals surface area contributed by atoms with Crippen LogP contribution in [-0.4, -0.2) is 45.6 Å². The fraction of sp³-hybridized carbons (Fsp3) is 0.261. The largest absolute Gasteiger partial charge is 0.508 e. The van der Waals surface area contributed by atoms with Gasteiger partial charge in [0, 0.05) is 17.8 Å². The zero-order valence-electron chi connectivity index (χ0n) is 19.9. The molecule has 4 rings (SSSR count). The van der Waals surface area contributed by atoms with E-state index in [1.165, 1.54) is 24.3 Å². The maximum absolute atomic E-state index is 11.7. The SMILES string of the molecule is CC(C)Oc1nc(Nc2ccc(C(O)(P=O)P(=O)(O)O)cc2)c2ncn(CCc3cccc(O)c3)c2n1. The first-order chi connectivity index (χ1) is 17.5. The molecule has 0 saturated heterocycles. The second-order valence-corrected chi connectivity index (χ2v) is 11.4. The summed E-state index contributed by atoms with van der Waals surface area (Å²) in [5, 5.41) is 20.2. The molecule has 194 valence electrons. The Morgan fingerprint density at radius 1 is 1.16 bits per heavy atom. The predicted octanol–water partition coefficient (Wildman–Crippen LogP) is 3.88. The number of rotatable bonds is 10. The van der Waals surface area contributed by atoms with Crippen LogP contribution in [0.3, 0.4) is 0 Å². The molecule has 4 aromatic rings. The first-order valence-electron chi connectivity index (χ1n) is 11.2. The van der Waals surface area contributed by atoms with Crippen molar-refractivity contribution >= 4 is 38.7 Å². The summed E-state index contributed by atoms with van der Waals surface area (Å²) in [7, 11) is -6.25. The fourth-order valence-electron chi connectivity index (χ4n) is 3.59. The topological polar surface area (TPSA) is 180 Å². The van der Waals surface area contributed by atoms with Crippen LogP contribution in [0.15, 0.2) is 54.9 Å². The lowest BCUT2D eigenvalue weighted by Crippen LogP contribution is -2.18. The molecular weight excluding hydrogens is 520 g/mol. The highest BCUT2D eigenvalue weighted by molar-refractivity contribution is 7.62. The number of imidazole rings is 1. The van der Waals surface area contributed by atoms with Gasteiger partial charge in [-0.15, -0.1) is 0 Å². The van der Waals surface area contributed by atoms with Gasteiger partial charge in [-0.25, -0.2) is 4.98 Å². The molecule has 12 nitrogen and oxygen atoms in total. The molecule has 0 bridgehead atoms. The van der Waals surface area contributed by atoms with E-state index in [1.807, 2.05) is 24.5 Å². The normalized spacial score (nSPS) is 13.7. The summed E-state index contributed by atoms with van der Waals surface area (Å²) in [6.45, 7) is 4.22. The monoisotopic (exact) mass is 545 g/mol. The number of benzene rings is 2. The van der Waals surface area contributed by atoms with E-state index in [4.69, 9.17) is 4.74 Å². The van der Waals surface area contributed by atoms with Gasteiger partial charge in [-0.1, -0.05) is 24.3 Å². The van der Waals surface area contributed by atoms with Crippen molar-refractivity contribution in [2.45, 2.75) is 38.0 Å². The molecule has 5 N–H and O–H groups in total. The van der Waals surface area contributed by atoms with E-state index >= 15 is 0 Å². The molecule has 1 atom stereocenters. The van der Waals surface area contributed by atoms with Crippen LogP contribution in [0.5, 0.6) is 11.8 Å². The minimum Gasteiger partial charge on any atom is -0.508 e. The van der Waals surface area contributed by atoms with Crippen molar-refractivity contribution in [3.8, 4) is 11.8 Å². The van der Waals surface area contributed by atoms with Gasteiger partial charge in [-0.2, -0.15) is 9.97 Å². The number of aromatic hydroxyl groups is 1. The molecule has 0 amide bonds. The molecule has 2 heterocycles. The Bertz CT molecular complexity index is 1470. The number of aryl methyl sites for hydroxylation is 2. The molecule has 0 saturated carbocycles. The predicted molar refractivity (Wildman–Crippen MR) is 136 cm³/mol. The van der Waals surface area contributed by atoms with E-state index in [0.717, 1.165) is 5.56 Å². The summed E-state index contributed by atoms with van der Waals surface area (Å²) in [6, 6.07) is 12.5. The Labute approximate surface area is 213 Å². The van der Waals surface area contributed by atoms with E-state index in [0.29, 0.717) is 35.6 Å². The van der Waals surface area contributed by atoms with E-state index in [1.54, 1.807) is 24.5 Å². The van der Waals surface area contributed by atoms with Crippen LogP contribution in [0.2, 0.25) is 0 Å². The molecule has 2 aromatic heterocycles. The Balaban J connectivity index is 1.65. The second kappa shape index (κ2) is 10.5. The van der Waals surface area contributed by atoms with Gasteiger partial charge in [0.1, 0.15) is 5.75 Å². The van der Waals surface area contributed by atoms with Crippen molar-refractivity contribution < 1.29 is 33.9 Å². The summed E-state index contributed by atoms with van der Waals surface area (Å²) in [4.78, 5) is 32.3. The lowest BCUT2D eigenvalue weighted by Gasteiger charge is -2.22. The van der Waals surface area contributed by atoms with Gasteiger partial charge in [-0.05, 0) is 50.1 Å². The molecule has 2 aromatic carbocycles. The number of anilines is 2. The minimum atomic E-state index is -5.13. The molecule has 0 aliphatic rings. The Morgan fingerprint density at radius 3 is 2.51 bits per heavy atom. The molecule has 0 aliphatic carbocycles. The number of aliphatic hydroxyl groups is 1. The van der Waals surface area contributed by atoms with Crippen molar-refractivity contribution in [3.05, 3.63) is 66.0 Å². The van der Waals surface area contributed by atoms with E-state index in [2.05, 4.69) is 20.3 Å². The van der Waals surface area contributed by atoms with Crippen molar-refractivity contribution in [2.75, 3.05) is 5.32 Å². The number of fused-ring (bicyclic) bond motifs is 1. The Kier molecular flexibility index (Phi) is 7.59. The van der Waals surface area contributed by atoms with Gasteiger partial charge in [0.25, 0.3) is 5.08 Å². The number of ether oxygens (including phenoxy) is 1. The van der Waals surface area contributed by atoms with Crippen LogP contribution in [-0.2, 0) is 27.2 Å². The number of phenolic OH excluding ortho intramolecular Hbond substituents is 1. The smallest absolute Gasteiger partial charge is 0.373 e.